The van der Waals surface area contributed by atoms with Crippen LogP contribution < -0.4 is 0 Å². The second-order valence-electron chi connectivity index (χ2n) is 8.44. The summed E-state index contributed by atoms with van der Waals surface area (Å²) >= 11 is 0. The Balaban J connectivity index is 1.69. The van der Waals surface area contributed by atoms with Crippen LogP contribution in [-0.4, -0.2) is 23.2 Å². The van der Waals surface area contributed by atoms with Gasteiger partial charge in [-0.05, 0) is 73.7 Å². The van der Waals surface area contributed by atoms with Crippen LogP contribution in [0.15, 0.2) is 11.6 Å². The van der Waals surface area contributed by atoms with Crippen LogP contribution in [0, 0.1) is 29.1 Å². The Bertz CT molecular complexity index is 514. The maximum atomic E-state index is 14.6. The second-order valence-corrected chi connectivity index (χ2v) is 8.44. The second kappa shape index (κ2) is 5.15. The number of alkyl halides is 1. The summed E-state index contributed by atoms with van der Waals surface area (Å²) in [4.78, 5) is 11.7. The third-order valence-electron chi connectivity index (χ3n) is 7.47. The maximum Gasteiger partial charge on any atom is 0.155 e. The first-order valence-corrected chi connectivity index (χ1v) is 9.04. The van der Waals surface area contributed by atoms with E-state index in [2.05, 4.69) is 6.92 Å². The summed E-state index contributed by atoms with van der Waals surface area (Å²) in [7, 11) is 0. The molecule has 3 heteroatoms. The molecule has 122 valence electrons. The number of aliphatic hydroxyl groups excluding tert-OH is 1. The van der Waals surface area contributed by atoms with Gasteiger partial charge in [-0.3, -0.25) is 4.79 Å². The molecule has 1 N–H and O–H groups in total. The molecule has 22 heavy (non-hydrogen) atoms. The van der Waals surface area contributed by atoms with E-state index in [0.29, 0.717) is 42.9 Å². The molecule has 2 nitrogen and oxygen atoms in total. The van der Waals surface area contributed by atoms with Gasteiger partial charge >= 0.3 is 0 Å². The lowest BCUT2D eigenvalue weighted by atomic mass is 9.56. The molecule has 0 aromatic rings. The molecule has 4 aliphatic carbocycles. The number of ketones is 1. The summed E-state index contributed by atoms with van der Waals surface area (Å²) in [5.41, 5.74) is 1.10. The van der Waals surface area contributed by atoms with E-state index >= 15 is 0 Å². The molecule has 0 spiro atoms. The predicted octanol–water partition coefficient (Wildman–Crippen LogP) is 3.83. The van der Waals surface area contributed by atoms with Crippen molar-refractivity contribution in [3.63, 3.8) is 0 Å². The lowest BCUT2D eigenvalue weighted by Gasteiger charge is -2.49. The highest BCUT2D eigenvalue weighted by Gasteiger charge is 2.56. The van der Waals surface area contributed by atoms with E-state index < -0.39 is 6.17 Å². The predicted molar refractivity (Wildman–Crippen MR) is 83.0 cm³/mol. The number of halogens is 1. The van der Waals surface area contributed by atoms with Crippen molar-refractivity contribution < 1.29 is 14.3 Å². The van der Waals surface area contributed by atoms with Crippen molar-refractivity contribution in [2.24, 2.45) is 29.1 Å². The highest BCUT2D eigenvalue weighted by molar-refractivity contribution is 5.91. The van der Waals surface area contributed by atoms with Crippen LogP contribution in [0.1, 0.15) is 58.3 Å². The Morgan fingerprint density at radius 1 is 1.23 bits per heavy atom. The van der Waals surface area contributed by atoms with E-state index in [9.17, 15) is 14.3 Å². The van der Waals surface area contributed by atoms with Crippen LogP contribution in [0.3, 0.4) is 0 Å². The van der Waals surface area contributed by atoms with Crippen molar-refractivity contribution in [3.8, 4) is 0 Å². The van der Waals surface area contributed by atoms with E-state index in [1.165, 1.54) is 0 Å². The molecular weight excluding hydrogens is 279 g/mol. The number of hydrogen-bond donors (Lipinski definition) is 1. The summed E-state index contributed by atoms with van der Waals surface area (Å²) in [5, 5.41) is 10.4. The molecular formula is C19H27FO2. The first-order valence-electron chi connectivity index (χ1n) is 9.04. The van der Waals surface area contributed by atoms with Gasteiger partial charge < -0.3 is 5.11 Å². The topological polar surface area (TPSA) is 37.3 Å². The molecule has 7 unspecified atom stereocenters. The van der Waals surface area contributed by atoms with Gasteiger partial charge in [-0.1, -0.05) is 12.5 Å². The van der Waals surface area contributed by atoms with Crippen molar-refractivity contribution in [2.45, 2.75) is 70.6 Å². The first kappa shape index (κ1) is 14.9. The van der Waals surface area contributed by atoms with Crippen molar-refractivity contribution in [1.29, 1.82) is 0 Å². The van der Waals surface area contributed by atoms with Crippen molar-refractivity contribution in [3.05, 3.63) is 11.6 Å². The van der Waals surface area contributed by atoms with Crippen molar-refractivity contribution in [1.82, 2.24) is 0 Å². The molecule has 4 rings (SSSR count). The largest absolute Gasteiger partial charge is 0.393 e. The normalized spacial score (nSPS) is 51.4. The number of allylic oxidation sites excluding steroid dienone is 2. The Morgan fingerprint density at radius 3 is 2.86 bits per heavy atom. The first-order chi connectivity index (χ1) is 10.5. The van der Waals surface area contributed by atoms with E-state index in [4.69, 9.17) is 0 Å². The minimum atomic E-state index is -0.810. The van der Waals surface area contributed by atoms with Gasteiger partial charge in [0, 0.05) is 12.8 Å². The monoisotopic (exact) mass is 306 g/mol. The van der Waals surface area contributed by atoms with Crippen LogP contribution in [0.5, 0.6) is 0 Å². The Kier molecular flexibility index (Phi) is 3.48. The van der Waals surface area contributed by atoms with E-state index in [1.54, 1.807) is 6.08 Å². The van der Waals surface area contributed by atoms with Crippen LogP contribution in [0.4, 0.5) is 4.39 Å². The SMILES string of the molecule is CC12CCC3C4CCC(=O)C=C4CC(F)CC3C1CCC2O. The zero-order valence-corrected chi connectivity index (χ0v) is 13.4. The van der Waals surface area contributed by atoms with Gasteiger partial charge in [0.25, 0.3) is 0 Å². The highest BCUT2D eigenvalue weighted by atomic mass is 19.1. The van der Waals surface area contributed by atoms with Gasteiger partial charge in [0.2, 0.25) is 0 Å². The Morgan fingerprint density at radius 2 is 2.05 bits per heavy atom. The highest BCUT2D eigenvalue weighted by Crippen LogP contribution is 2.61. The zero-order chi connectivity index (χ0) is 15.5. The fourth-order valence-corrected chi connectivity index (χ4v) is 6.33. The van der Waals surface area contributed by atoms with Gasteiger partial charge in [-0.2, -0.15) is 0 Å². The maximum absolute atomic E-state index is 14.6. The van der Waals surface area contributed by atoms with Gasteiger partial charge in [-0.25, -0.2) is 4.39 Å². The molecule has 0 amide bonds. The van der Waals surface area contributed by atoms with Crippen LogP contribution >= 0.6 is 0 Å². The van der Waals surface area contributed by atoms with E-state index in [0.717, 1.165) is 37.7 Å². The molecule has 7 atom stereocenters. The van der Waals surface area contributed by atoms with Gasteiger partial charge in [0.05, 0.1) is 6.10 Å². The molecule has 3 fully saturated rings. The lowest BCUT2D eigenvalue weighted by Crippen LogP contribution is -2.45. The van der Waals surface area contributed by atoms with Crippen molar-refractivity contribution in [2.75, 3.05) is 0 Å². The number of rotatable bonds is 0. The molecule has 4 aliphatic rings. The summed E-state index contributed by atoms with van der Waals surface area (Å²) in [6, 6.07) is 0. The minimum absolute atomic E-state index is 0.000406. The summed E-state index contributed by atoms with van der Waals surface area (Å²) in [6.45, 7) is 2.23. The molecule has 0 radical (unpaired) electrons. The fourth-order valence-electron chi connectivity index (χ4n) is 6.33. The summed E-state index contributed by atoms with van der Waals surface area (Å²) in [5.74, 6) is 2.01. The quantitative estimate of drug-likeness (QED) is 0.738. The number of hydrogen-bond acceptors (Lipinski definition) is 2. The smallest absolute Gasteiger partial charge is 0.155 e. The Labute approximate surface area is 132 Å². The van der Waals surface area contributed by atoms with Gasteiger partial charge in [-0.15, -0.1) is 0 Å². The van der Waals surface area contributed by atoms with E-state index in [1.807, 2.05) is 0 Å². The number of carbonyl (C=O) groups is 1. The molecule has 0 aromatic heterocycles. The average Bonchev–Trinajstić information content (AvgIpc) is 2.69. The zero-order valence-electron chi connectivity index (χ0n) is 13.4. The standard InChI is InChI=1S/C19H27FO2/c1-19-7-6-15-14-3-2-13(21)9-11(14)8-12(20)10-16(15)17(19)4-5-18(19)22/h9,12,14-18,22H,2-8,10H2,1H3. The summed E-state index contributed by atoms with van der Waals surface area (Å²) < 4.78 is 14.6. The van der Waals surface area contributed by atoms with Gasteiger partial charge in [0.1, 0.15) is 6.17 Å². The Hall–Kier alpha value is -0.700. The number of fused-ring (bicyclic) bond motifs is 5. The molecule has 0 heterocycles. The fraction of sp³-hybridized carbons (Fsp3) is 0.842. The average molecular weight is 306 g/mol. The third kappa shape index (κ3) is 2.11. The van der Waals surface area contributed by atoms with Crippen molar-refractivity contribution >= 4 is 5.78 Å². The van der Waals surface area contributed by atoms with Crippen LogP contribution in [-0.2, 0) is 4.79 Å². The summed E-state index contributed by atoms with van der Waals surface area (Å²) in [6.07, 6.45) is 7.51. The van der Waals surface area contributed by atoms with Crippen LogP contribution in [0.25, 0.3) is 0 Å². The number of aliphatic hydroxyl groups is 1. The molecule has 0 aliphatic heterocycles. The van der Waals surface area contributed by atoms with E-state index in [-0.39, 0.29) is 17.3 Å². The van der Waals surface area contributed by atoms with Crippen LogP contribution in [0.2, 0.25) is 0 Å². The molecule has 0 bridgehead atoms. The van der Waals surface area contributed by atoms with Gasteiger partial charge in [0.15, 0.2) is 5.78 Å². The third-order valence-corrected chi connectivity index (χ3v) is 7.47. The number of carbonyl (C=O) groups excluding carboxylic acids is 1. The molecule has 0 saturated heterocycles. The lowest BCUT2D eigenvalue weighted by molar-refractivity contribution is -0.115. The molecule has 3 saturated carbocycles. The molecule has 0 aromatic carbocycles. The minimum Gasteiger partial charge on any atom is -0.393 e.